The zero-order valence-corrected chi connectivity index (χ0v) is 11.6. The lowest BCUT2D eigenvalue weighted by Crippen LogP contribution is -2.45. The van der Waals surface area contributed by atoms with Gasteiger partial charge in [0.2, 0.25) is 0 Å². The molecule has 21 heavy (non-hydrogen) atoms. The Labute approximate surface area is 122 Å². The van der Waals surface area contributed by atoms with Crippen LogP contribution in [0.1, 0.15) is 23.4 Å². The fourth-order valence-corrected chi connectivity index (χ4v) is 2.50. The number of nitrogens with one attached hydrogen (secondary N) is 2. The molecule has 5 heteroatoms. The average Bonchev–Trinajstić information content (AvgIpc) is 2.98. The summed E-state index contributed by atoms with van der Waals surface area (Å²) in [6.45, 7) is 1.76. The maximum Gasteiger partial charge on any atom is 0.287 e. The lowest BCUT2D eigenvalue weighted by atomic mass is 10.1. The highest BCUT2D eigenvalue weighted by Gasteiger charge is 2.19. The van der Waals surface area contributed by atoms with E-state index >= 15 is 0 Å². The Kier molecular flexibility index (Phi) is 4.01. The topological polar surface area (TPSA) is 54.3 Å². The van der Waals surface area contributed by atoms with E-state index in [9.17, 15) is 9.18 Å². The normalized spacial score (nSPS) is 18.4. The van der Waals surface area contributed by atoms with Crippen molar-refractivity contribution in [2.75, 3.05) is 13.1 Å². The molecule has 1 aromatic carbocycles. The van der Waals surface area contributed by atoms with Gasteiger partial charge in [0.25, 0.3) is 5.91 Å². The van der Waals surface area contributed by atoms with Crippen LogP contribution in [-0.2, 0) is 0 Å². The molecule has 0 bridgehead atoms. The quantitative estimate of drug-likeness (QED) is 0.912. The second kappa shape index (κ2) is 6.10. The van der Waals surface area contributed by atoms with Gasteiger partial charge in [0.05, 0.1) is 5.56 Å². The summed E-state index contributed by atoms with van der Waals surface area (Å²) in [6, 6.07) is 9.65. The summed E-state index contributed by atoms with van der Waals surface area (Å²) < 4.78 is 19.2. The highest BCUT2D eigenvalue weighted by Crippen LogP contribution is 2.24. The van der Waals surface area contributed by atoms with Crippen LogP contribution in [0.25, 0.3) is 11.3 Å². The van der Waals surface area contributed by atoms with Gasteiger partial charge in [-0.25, -0.2) is 4.39 Å². The molecule has 1 aliphatic heterocycles. The number of piperidine rings is 1. The molecule has 1 aliphatic rings. The van der Waals surface area contributed by atoms with Gasteiger partial charge >= 0.3 is 0 Å². The van der Waals surface area contributed by atoms with E-state index in [4.69, 9.17) is 4.42 Å². The first-order valence-corrected chi connectivity index (χ1v) is 7.10. The summed E-state index contributed by atoms with van der Waals surface area (Å²) in [4.78, 5) is 12.1. The molecule has 1 atom stereocenters. The van der Waals surface area contributed by atoms with Gasteiger partial charge in [-0.15, -0.1) is 0 Å². The molecular formula is C16H17FN2O2. The van der Waals surface area contributed by atoms with Crippen molar-refractivity contribution in [1.82, 2.24) is 10.6 Å². The highest BCUT2D eigenvalue weighted by molar-refractivity contribution is 5.92. The van der Waals surface area contributed by atoms with E-state index in [-0.39, 0.29) is 23.5 Å². The molecule has 110 valence electrons. The maximum atomic E-state index is 13.7. The Hall–Kier alpha value is -2.14. The van der Waals surface area contributed by atoms with Crippen molar-refractivity contribution in [2.24, 2.45) is 0 Å². The largest absolute Gasteiger partial charge is 0.451 e. The van der Waals surface area contributed by atoms with Crippen molar-refractivity contribution in [2.45, 2.75) is 18.9 Å². The molecule has 0 spiro atoms. The summed E-state index contributed by atoms with van der Waals surface area (Å²) in [5.74, 6) is -0.0552. The van der Waals surface area contributed by atoms with Crippen LogP contribution in [0.5, 0.6) is 0 Å². The SMILES string of the molecule is O=C(NC1CCCNC1)c1ccc(-c2ccccc2F)o1. The van der Waals surface area contributed by atoms with Gasteiger partial charge in [0, 0.05) is 12.6 Å². The van der Waals surface area contributed by atoms with Crippen molar-refractivity contribution in [1.29, 1.82) is 0 Å². The number of halogens is 1. The molecule has 3 rings (SSSR count). The third kappa shape index (κ3) is 3.13. The number of hydrogen-bond acceptors (Lipinski definition) is 3. The number of carbonyl (C=O) groups excluding carboxylic acids is 1. The van der Waals surface area contributed by atoms with Crippen LogP contribution < -0.4 is 10.6 Å². The summed E-state index contributed by atoms with van der Waals surface area (Å²) in [5, 5.41) is 6.16. The van der Waals surface area contributed by atoms with Gasteiger partial charge in [-0.2, -0.15) is 0 Å². The minimum Gasteiger partial charge on any atom is -0.451 e. The van der Waals surface area contributed by atoms with Crippen molar-refractivity contribution >= 4 is 5.91 Å². The molecule has 1 fully saturated rings. The molecule has 1 saturated heterocycles. The number of amides is 1. The minimum atomic E-state index is -0.365. The van der Waals surface area contributed by atoms with Crippen LogP contribution in [0.3, 0.4) is 0 Å². The van der Waals surface area contributed by atoms with E-state index in [0.29, 0.717) is 11.3 Å². The number of carbonyl (C=O) groups is 1. The Morgan fingerprint density at radius 3 is 2.90 bits per heavy atom. The van der Waals surface area contributed by atoms with Crippen LogP contribution in [-0.4, -0.2) is 25.0 Å². The molecule has 2 heterocycles. The van der Waals surface area contributed by atoms with Crippen LogP contribution in [0.15, 0.2) is 40.8 Å². The fraction of sp³-hybridized carbons (Fsp3) is 0.312. The van der Waals surface area contributed by atoms with Crippen molar-refractivity contribution in [3.63, 3.8) is 0 Å². The smallest absolute Gasteiger partial charge is 0.287 e. The molecular weight excluding hydrogens is 271 g/mol. The number of furan rings is 1. The zero-order chi connectivity index (χ0) is 14.7. The van der Waals surface area contributed by atoms with Gasteiger partial charge in [-0.3, -0.25) is 4.79 Å². The van der Waals surface area contributed by atoms with Crippen LogP contribution in [0, 0.1) is 5.82 Å². The summed E-state index contributed by atoms with van der Waals surface area (Å²) in [7, 11) is 0. The first kappa shape index (κ1) is 13.8. The van der Waals surface area contributed by atoms with Crippen molar-refractivity contribution in [3.8, 4) is 11.3 Å². The first-order chi connectivity index (χ1) is 10.2. The van der Waals surface area contributed by atoms with E-state index in [1.54, 1.807) is 30.3 Å². The van der Waals surface area contributed by atoms with Crippen molar-refractivity contribution in [3.05, 3.63) is 48.0 Å². The number of benzene rings is 1. The third-order valence-corrected chi connectivity index (χ3v) is 3.60. The average molecular weight is 288 g/mol. The van der Waals surface area contributed by atoms with Gasteiger partial charge in [-0.1, -0.05) is 12.1 Å². The summed E-state index contributed by atoms with van der Waals surface area (Å²) in [5.41, 5.74) is 0.357. The fourth-order valence-electron chi connectivity index (χ4n) is 2.50. The Morgan fingerprint density at radius 2 is 2.14 bits per heavy atom. The molecule has 1 aromatic heterocycles. The number of hydrogen-bond donors (Lipinski definition) is 2. The molecule has 4 nitrogen and oxygen atoms in total. The molecule has 1 unspecified atom stereocenters. The van der Waals surface area contributed by atoms with E-state index in [1.807, 2.05) is 0 Å². The van der Waals surface area contributed by atoms with E-state index < -0.39 is 0 Å². The lowest BCUT2D eigenvalue weighted by Gasteiger charge is -2.23. The predicted octanol–water partition coefficient (Wildman–Crippen LogP) is 2.57. The summed E-state index contributed by atoms with van der Waals surface area (Å²) in [6.07, 6.45) is 2.00. The molecule has 0 saturated carbocycles. The Bertz CT molecular complexity index is 633. The predicted molar refractivity (Wildman–Crippen MR) is 77.5 cm³/mol. The van der Waals surface area contributed by atoms with E-state index in [2.05, 4.69) is 10.6 Å². The molecule has 0 aliphatic carbocycles. The van der Waals surface area contributed by atoms with E-state index in [1.165, 1.54) is 6.07 Å². The van der Waals surface area contributed by atoms with Gasteiger partial charge in [-0.05, 0) is 43.7 Å². The first-order valence-electron chi connectivity index (χ1n) is 7.10. The lowest BCUT2D eigenvalue weighted by molar-refractivity contribution is 0.0903. The monoisotopic (exact) mass is 288 g/mol. The van der Waals surface area contributed by atoms with Crippen molar-refractivity contribution < 1.29 is 13.6 Å². The zero-order valence-electron chi connectivity index (χ0n) is 11.6. The third-order valence-electron chi connectivity index (χ3n) is 3.60. The number of rotatable bonds is 3. The Balaban J connectivity index is 1.72. The second-order valence-electron chi connectivity index (χ2n) is 5.16. The molecule has 0 radical (unpaired) electrons. The highest BCUT2D eigenvalue weighted by atomic mass is 19.1. The molecule has 1 amide bonds. The van der Waals surface area contributed by atoms with Gasteiger partial charge < -0.3 is 15.1 Å². The van der Waals surface area contributed by atoms with Crippen LogP contribution in [0.4, 0.5) is 4.39 Å². The van der Waals surface area contributed by atoms with E-state index in [0.717, 1.165) is 25.9 Å². The minimum absolute atomic E-state index is 0.119. The van der Waals surface area contributed by atoms with Gasteiger partial charge in [0.1, 0.15) is 11.6 Å². The molecule has 2 N–H and O–H groups in total. The standard InChI is InChI=1S/C16H17FN2O2/c17-13-6-2-1-5-12(13)14-7-8-15(21-14)16(20)19-11-4-3-9-18-10-11/h1-2,5-8,11,18H,3-4,9-10H2,(H,19,20). The molecule has 2 aromatic rings. The summed E-state index contributed by atoms with van der Waals surface area (Å²) >= 11 is 0. The maximum absolute atomic E-state index is 13.7. The second-order valence-corrected chi connectivity index (χ2v) is 5.16. The van der Waals surface area contributed by atoms with Gasteiger partial charge in [0.15, 0.2) is 5.76 Å². The van der Waals surface area contributed by atoms with Crippen LogP contribution in [0.2, 0.25) is 0 Å². The Morgan fingerprint density at radius 1 is 1.29 bits per heavy atom. The van der Waals surface area contributed by atoms with Crippen LogP contribution >= 0.6 is 0 Å².